The Labute approximate surface area is 281 Å². The summed E-state index contributed by atoms with van der Waals surface area (Å²) in [6, 6.07) is 59.1. The first-order chi connectivity index (χ1) is 23.0. The summed E-state index contributed by atoms with van der Waals surface area (Å²) in [4.78, 5) is 0. The van der Waals surface area contributed by atoms with Crippen molar-refractivity contribution in [2.45, 2.75) is 38.5 Å². The Morgan fingerprint density at radius 3 is 1.49 bits per heavy atom. The van der Waals surface area contributed by atoms with E-state index in [9.17, 15) is 0 Å². The molecule has 0 N–H and O–H groups in total. The van der Waals surface area contributed by atoms with Crippen LogP contribution >= 0.6 is 14.5 Å². The van der Waals surface area contributed by atoms with Crippen LogP contribution in [0.2, 0.25) is 0 Å². The van der Waals surface area contributed by atoms with Gasteiger partial charge in [-0.2, -0.15) is 0 Å². The van der Waals surface area contributed by atoms with Crippen molar-refractivity contribution in [3.8, 4) is 11.5 Å². The molecular formula is C44H42OP2. The molecule has 2 aliphatic rings. The van der Waals surface area contributed by atoms with Gasteiger partial charge in [0.15, 0.2) is 0 Å². The summed E-state index contributed by atoms with van der Waals surface area (Å²) in [7, 11) is -0.843. The summed E-state index contributed by atoms with van der Waals surface area (Å²) in [6.45, 7) is 1.86. The van der Waals surface area contributed by atoms with Gasteiger partial charge in [0.25, 0.3) is 0 Å². The molecular weight excluding hydrogens is 606 g/mol. The summed E-state index contributed by atoms with van der Waals surface area (Å²) in [6.07, 6.45) is 6.09. The second-order valence-electron chi connectivity index (χ2n) is 13.7. The number of hydrogen-bond donors (Lipinski definition) is 0. The van der Waals surface area contributed by atoms with Crippen LogP contribution in [0.5, 0.6) is 11.5 Å². The van der Waals surface area contributed by atoms with E-state index in [1.165, 1.54) is 74.5 Å². The average molecular weight is 649 g/mol. The molecule has 6 aromatic rings. The molecule has 0 amide bonds. The molecule has 0 aromatic heterocycles. The summed E-state index contributed by atoms with van der Waals surface area (Å²) in [5.74, 6) is 2.15. The third-order valence-electron chi connectivity index (χ3n) is 11.0. The van der Waals surface area contributed by atoms with Crippen LogP contribution in [0.3, 0.4) is 0 Å². The van der Waals surface area contributed by atoms with Gasteiger partial charge in [-0.05, 0) is 0 Å². The van der Waals surface area contributed by atoms with Crippen LogP contribution < -0.4 is 36.6 Å². The number of rotatable bonds is 6. The van der Waals surface area contributed by atoms with E-state index in [0.29, 0.717) is 0 Å². The summed E-state index contributed by atoms with van der Waals surface area (Å²) in [5, 5.41) is 8.39. The van der Waals surface area contributed by atoms with E-state index >= 15 is 0 Å². The van der Waals surface area contributed by atoms with Crippen LogP contribution in [-0.4, -0.2) is 12.3 Å². The average Bonchev–Trinajstić information content (AvgIpc) is 3.14. The van der Waals surface area contributed by atoms with Gasteiger partial charge in [-0.15, -0.1) is 0 Å². The maximum atomic E-state index is 7.59. The molecule has 2 aliphatic heterocycles. The maximum absolute atomic E-state index is 7.59. The Bertz CT molecular complexity index is 1930. The third kappa shape index (κ3) is 4.66. The second kappa shape index (κ2) is 11.9. The molecule has 47 heavy (non-hydrogen) atoms. The fraction of sp³-hybridized carbons (Fsp3) is 0.182. The van der Waals surface area contributed by atoms with Crippen molar-refractivity contribution in [3.05, 3.63) is 169 Å². The van der Waals surface area contributed by atoms with Gasteiger partial charge < -0.3 is 0 Å². The van der Waals surface area contributed by atoms with Gasteiger partial charge in [0.1, 0.15) is 0 Å². The van der Waals surface area contributed by atoms with Crippen LogP contribution in [0.15, 0.2) is 158 Å². The number of ether oxygens (including phenoxy) is 1. The predicted molar refractivity (Wildman–Crippen MR) is 206 cm³/mol. The minimum atomic E-state index is -2.95. The van der Waals surface area contributed by atoms with Gasteiger partial charge in [0.05, 0.1) is 0 Å². The van der Waals surface area contributed by atoms with Crippen molar-refractivity contribution >= 4 is 46.4 Å². The Morgan fingerprint density at radius 1 is 0.489 bits per heavy atom. The quantitative estimate of drug-likeness (QED) is 0.164. The fourth-order valence-corrected chi connectivity index (χ4v) is 18.4. The number of hydrogen-bond acceptors (Lipinski definition) is 1. The third-order valence-corrected chi connectivity index (χ3v) is 20.6. The van der Waals surface area contributed by atoms with Crippen LogP contribution in [-0.2, 0) is 5.41 Å². The molecule has 1 fully saturated rings. The zero-order valence-electron chi connectivity index (χ0n) is 27.3. The Hall–Kier alpha value is -4.02. The molecule has 234 valence electrons. The van der Waals surface area contributed by atoms with Gasteiger partial charge in [0, 0.05) is 0 Å². The summed E-state index contributed by atoms with van der Waals surface area (Å²) >= 11 is 0. The van der Waals surface area contributed by atoms with Crippen molar-refractivity contribution in [2.75, 3.05) is 12.3 Å². The van der Waals surface area contributed by atoms with Gasteiger partial charge in [-0.3, -0.25) is 0 Å². The molecule has 0 unspecified atom stereocenters. The van der Waals surface area contributed by atoms with Crippen molar-refractivity contribution in [1.29, 1.82) is 0 Å². The van der Waals surface area contributed by atoms with E-state index < -0.39 is 14.5 Å². The summed E-state index contributed by atoms with van der Waals surface area (Å²) < 4.78 is 7.59. The molecule has 0 aliphatic carbocycles. The standard InChI is InChI=1S/C44H42OP2/c1-44(2)38-28-18-30-40(46(34-20-8-3-9-21-34)35-22-10-4-11-23-35)42(38)45-43-39(44)29-19-31-41(43)47(32-16-7-17-33-47,36-24-12-5-13-25-36)37-26-14-6-15-27-37/h3-6,8-15,18-31H,7,16-17,32-33H2,1-2H3. The zero-order chi connectivity index (χ0) is 31.9. The molecule has 0 saturated carbocycles. The van der Waals surface area contributed by atoms with E-state index in [-0.39, 0.29) is 5.41 Å². The van der Waals surface area contributed by atoms with E-state index in [1.807, 2.05) is 0 Å². The van der Waals surface area contributed by atoms with Crippen molar-refractivity contribution in [3.63, 3.8) is 0 Å². The molecule has 6 aromatic carbocycles. The van der Waals surface area contributed by atoms with Gasteiger partial charge in [0.2, 0.25) is 0 Å². The predicted octanol–water partition coefficient (Wildman–Crippen LogP) is 8.89. The Kier molecular flexibility index (Phi) is 7.68. The van der Waals surface area contributed by atoms with Crippen molar-refractivity contribution in [1.82, 2.24) is 0 Å². The second-order valence-corrected chi connectivity index (χ2v) is 21.3. The Morgan fingerprint density at radius 2 is 0.957 bits per heavy atom. The zero-order valence-corrected chi connectivity index (χ0v) is 29.1. The molecule has 0 radical (unpaired) electrons. The molecule has 0 spiro atoms. The minimum absolute atomic E-state index is 0.235. The van der Waals surface area contributed by atoms with Crippen LogP contribution in [0.25, 0.3) is 0 Å². The first-order valence-corrected chi connectivity index (χ1v) is 21.0. The first-order valence-electron chi connectivity index (χ1n) is 17.0. The first kappa shape index (κ1) is 30.3. The van der Waals surface area contributed by atoms with Gasteiger partial charge in [-0.1, -0.05) is 0 Å². The van der Waals surface area contributed by atoms with E-state index in [0.717, 1.165) is 11.5 Å². The molecule has 2 heterocycles. The summed E-state index contributed by atoms with van der Waals surface area (Å²) in [5.41, 5.74) is 2.33. The van der Waals surface area contributed by atoms with E-state index in [2.05, 4.69) is 172 Å². The Balaban J connectivity index is 1.43. The monoisotopic (exact) mass is 648 g/mol. The molecule has 0 bridgehead atoms. The molecule has 8 rings (SSSR count). The van der Waals surface area contributed by atoms with Crippen molar-refractivity contribution < 1.29 is 4.74 Å². The van der Waals surface area contributed by atoms with E-state index in [4.69, 9.17) is 4.74 Å². The number of benzene rings is 6. The van der Waals surface area contributed by atoms with E-state index in [1.54, 1.807) is 0 Å². The number of para-hydroxylation sites is 2. The fourth-order valence-electron chi connectivity index (χ4n) is 8.65. The molecule has 1 nitrogen and oxygen atoms in total. The van der Waals surface area contributed by atoms with Crippen LogP contribution in [0, 0.1) is 0 Å². The topological polar surface area (TPSA) is 9.23 Å². The number of fused-ring (bicyclic) bond motifs is 2. The van der Waals surface area contributed by atoms with Crippen molar-refractivity contribution in [2.24, 2.45) is 0 Å². The van der Waals surface area contributed by atoms with Gasteiger partial charge in [-0.25, -0.2) is 0 Å². The SMILES string of the molecule is CC1(C)c2cccc(P(c3ccccc3)c3ccccc3)c2Oc2c1cccc2P1(c2ccccc2)(c2ccccc2)CCCCC1. The van der Waals surface area contributed by atoms with Gasteiger partial charge >= 0.3 is 282 Å². The van der Waals surface area contributed by atoms with Crippen LogP contribution in [0.4, 0.5) is 0 Å². The normalized spacial score (nSPS) is 18.1. The molecule has 0 atom stereocenters. The molecule has 1 saturated heterocycles. The molecule has 3 heteroatoms. The van der Waals surface area contributed by atoms with Crippen LogP contribution in [0.1, 0.15) is 44.2 Å².